The molecule has 8 heteroatoms. The first-order chi connectivity index (χ1) is 14.7. The number of benzene rings is 2. The van der Waals surface area contributed by atoms with Crippen LogP contribution in [0.3, 0.4) is 0 Å². The van der Waals surface area contributed by atoms with Gasteiger partial charge in [0.05, 0.1) is 23.3 Å². The predicted molar refractivity (Wildman–Crippen MR) is 123 cm³/mol. The van der Waals surface area contributed by atoms with Crippen LogP contribution in [0.25, 0.3) is 16.3 Å². The van der Waals surface area contributed by atoms with Crippen molar-refractivity contribution in [2.24, 2.45) is 5.10 Å². The van der Waals surface area contributed by atoms with E-state index in [4.69, 9.17) is 16.7 Å². The van der Waals surface area contributed by atoms with E-state index in [1.54, 1.807) is 34.4 Å². The summed E-state index contributed by atoms with van der Waals surface area (Å²) in [7, 11) is 0. The third kappa shape index (κ3) is 4.94. The topological polar surface area (TPSA) is 71.3 Å². The first-order valence-electron chi connectivity index (χ1n) is 9.19. The third-order valence-electron chi connectivity index (χ3n) is 4.21. The maximum atomic E-state index is 12.1. The minimum absolute atomic E-state index is 0.0973. The first-order valence-corrected chi connectivity index (χ1v) is 10.4. The Labute approximate surface area is 182 Å². The van der Waals surface area contributed by atoms with E-state index in [9.17, 15) is 4.79 Å². The zero-order valence-corrected chi connectivity index (χ0v) is 17.4. The number of carbonyl (C=O) groups excluding carboxylic acids is 1. The summed E-state index contributed by atoms with van der Waals surface area (Å²) in [5.41, 5.74) is 5.92. The van der Waals surface area contributed by atoms with Crippen LogP contribution < -0.4 is 10.7 Å². The van der Waals surface area contributed by atoms with E-state index in [-0.39, 0.29) is 12.5 Å². The van der Waals surface area contributed by atoms with Crippen molar-refractivity contribution in [2.45, 2.75) is 0 Å². The lowest BCUT2D eigenvalue weighted by Crippen LogP contribution is -2.25. The number of aromatic nitrogens is 2. The molecule has 0 atom stereocenters. The smallest absolute Gasteiger partial charge is 0.259 e. The van der Waals surface area contributed by atoms with Crippen molar-refractivity contribution in [1.82, 2.24) is 15.2 Å². The van der Waals surface area contributed by atoms with Crippen LogP contribution in [-0.2, 0) is 4.79 Å². The Bertz CT molecular complexity index is 1140. The summed E-state index contributed by atoms with van der Waals surface area (Å²) in [5.74, 6) is -0.255. The van der Waals surface area contributed by atoms with Gasteiger partial charge < -0.3 is 5.32 Å². The lowest BCUT2D eigenvalue weighted by atomic mass is 10.2. The Kier molecular flexibility index (Phi) is 6.22. The summed E-state index contributed by atoms with van der Waals surface area (Å²) in [4.78, 5) is 13.1. The summed E-state index contributed by atoms with van der Waals surface area (Å²) in [6.45, 7) is 0.0973. The number of rotatable bonds is 7. The molecule has 2 heterocycles. The van der Waals surface area contributed by atoms with Gasteiger partial charge in [-0.2, -0.15) is 10.2 Å². The quantitative estimate of drug-likeness (QED) is 0.323. The molecule has 2 aromatic heterocycles. The van der Waals surface area contributed by atoms with Crippen LogP contribution in [0.1, 0.15) is 5.56 Å². The molecular weight excluding hydrogens is 418 g/mol. The molecule has 0 spiro atoms. The molecule has 0 bridgehead atoms. The maximum Gasteiger partial charge on any atom is 0.259 e. The van der Waals surface area contributed by atoms with Gasteiger partial charge in [0, 0.05) is 22.5 Å². The van der Waals surface area contributed by atoms with Crippen molar-refractivity contribution >= 4 is 40.7 Å². The van der Waals surface area contributed by atoms with Crippen molar-refractivity contribution in [2.75, 3.05) is 11.9 Å². The number of hydrogen-bond donors (Lipinski definition) is 2. The van der Waals surface area contributed by atoms with Gasteiger partial charge in [0.25, 0.3) is 5.91 Å². The zero-order chi connectivity index (χ0) is 20.8. The fourth-order valence-corrected chi connectivity index (χ4v) is 3.62. The molecule has 150 valence electrons. The minimum atomic E-state index is -0.255. The Balaban J connectivity index is 1.45. The van der Waals surface area contributed by atoms with Gasteiger partial charge in [-0.15, -0.1) is 11.3 Å². The second-order valence-electron chi connectivity index (χ2n) is 6.34. The molecule has 0 radical (unpaired) electrons. The average molecular weight is 436 g/mol. The molecule has 0 saturated heterocycles. The third-order valence-corrected chi connectivity index (χ3v) is 5.34. The lowest BCUT2D eigenvalue weighted by Gasteiger charge is -2.04. The van der Waals surface area contributed by atoms with Gasteiger partial charge in [-0.3, -0.25) is 4.79 Å². The summed E-state index contributed by atoms with van der Waals surface area (Å²) in [6.07, 6.45) is 3.51. The maximum absolute atomic E-state index is 12.1. The molecule has 6 nitrogen and oxygen atoms in total. The lowest BCUT2D eigenvalue weighted by molar-refractivity contribution is -0.119. The first kappa shape index (κ1) is 19.9. The molecular formula is C22H18ClN5OS. The number of nitrogens with one attached hydrogen (secondary N) is 2. The van der Waals surface area contributed by atoms with Crippen molar-refractivity contribution < 1.29 is 4.79 Å². The molecule has 4 rings (SSSR count). The van der Waals surface area contributed by atoms with Crippen LogP contribution >= 0.6 is 22.9 Å². The number of nitrogens with zero attached hydrogens (tertiary/aromatic N) is 3. The number of carbonyl (C=O) groups is 1. The highest BCUT2D eigenvalue weighted by Crippen LogP contribution is 2.26. The molecule has 2 aromatic carbocycles. The van der Waals surface area contributed by atoms with Crippen LogP contribution in [0.5, 0.6) is 0 Å². The number of amides is 1. The molecule has 1 amide bonds. The van der Waals surface area contributed by atoms with Gasteiger partial charge in [0.2, 0.25) is 0 Å². The van der Waals surface area contributed by atoms with Gasteiger partial charge in [0.1, 0.15) is 5.69 Å². The molecule has 0 aliphatic rings. The average Bonchev–Trinajstić information content (AvgIpc) is 3.44. The molecule has 0 aliphatic carbocycles. The molecule has 0 saturated carbocycles. The van der Waals surface area contributed by atoms with E-state index in [2.05, 4.69) is 15.8 Å². The van der Waals surface area contributed by atoms with E-state index in [1.165, 1.54) is 0 Å². The number of thiophene rings is 1. The monoisotopic (exact) mass is 435 g/mol. The molecule has 0 aliphatic heterocycles. The number of halogens is 1. The van der Waals surface area contributed by atoms with Crippen molar-refractivity contribution in [3.8, 4) is 16.3 Å². The van der Waals surface area contributed by atoms with Crippen molar-refractivity contribution in [1.29, 1.82) is 0 Å². The summed E-state index contributed by atoms with van der Waals surface area (Å²) >= 11 is 7.46. The van der Waals surface area contributed by atoms with Crippen LogP contribution in [0.15, 0.2) is 83.4 Å². The van der Waals surface area contributed by atoms with Gasteiger partial charge in [-0.1, -0.05) is 35.9 Å². The minimum Gasteiger partial charge on any atom is -0.376 e. The summed E-state index contributed by atoms with van der Waals surface area (Å²) < 4.78 is 1.81. The molecule has 0 unspecified atom stereocenters. The predicted octanol–water partition coefficient (Wildman–Crippen LogP) is 4.82. The van der Waals surface area contributed by atoms with Crippen molar-refractivity contribution in [3.63, 3.8) is 0 Å². The highest BCUT2D eigenvalue weighted by molar-refractivity contribution is 7.13. The SMILES string of the molecule is O=C(CNc1ccc(Cl)cc1)N/N=C\c1cn(-c2ccccc2)nc1-c1cccs1. The Morgan fingerprint density at radius 1 is 1.10 bits per heavy atom. The number of hydrogen-bond acceptors (Lipinski definition) is 5. The van der Waals surface area contributed by atoms with E-state index < -0.39 is 0 Å². The number of para-hydroxylation sites is 1. The molecule has 2 N–H and O–H groups in total. The largest absolute Gasteiger partial charge is 0.376 e. The fourth-order valence-electron chi connectivity index (χ4n) is 2.76. The van der Waals surface area contributed by atoms with Gasteiger partial charge in [-0.25, -0.2) is 10.1 Å². The number of anilines is 1. The van der Waals surface area contributed by atoms with Crippen LogP contribution in [-0.4, -0.2) is 28.4 Å². The fraction of sp³-hybridized carbons (Fsp3) is 0.0455. The second kappa shape index (κ2) is 9.39. The van der Waals surface area contributed by atoms with Crippen LogP contribution in [0.2, 0.25) is 5.02 Å². The molecule has 30 heavy (non-hydrogen) atoms. The number of hydrazone groups is 1. The van der Waals surface area contributed by atoms with E-state index in [1.807, 2.05) is 66.2 Å². The summed E-state index contributed by atoms with van der Waals surface area (Å²) in [6, 6.07) is 21.0. The van der Waals surface area contributed by atoms with E-state index in [0.717, 1.165) is 27.5 Å². The van der Waals surface area contributed by atoms with Gasteiger partial charge in [-0.05, 0) is 47.8 Å². The Morgan fingerprint density at radius 2 is 1.90 bits per heavy atom. The van der Waals surface area contributed by atoms with Gasteiger partial charge in [0.15, 0.2) is 0 Å². The normalized spacial score (nSPS) is 11.0. The highest BCUT2D eigenvalue weighted by atomic mass is 35.5. The Morgan fingerprint density at radius 3 is 2.63 bits per heavy atom. The standard InChI is InChI=1S/C22H18ClN5OS/c23-17-8-10-18(11-9-17)24-14-21(29)26-25-13-16-15-28(19-5-2-1-3-6-19)27-22(16)20-7-4-12-30-20/h1-13,15,24H,14H2,(H,26,29)/b25-13-. The van der Waals surface area contributed by atoms with Crippen LogP contribution in [0.4, 0.5) is 5.69 Å². The van der Waals surface area contributed by atoms with E-state index in [0.29, 0.717) is 5.02 Å². The van der Waals surface area contributed by atoms with Crippen LogP contribution in [0, 0.1) is 0 Å². The van der Waals surface area contributed by atoms with Crippen molar-refractivity contribution in [3.05, 3.63) is 88.9 Å². The summed E-state index contributed by atoms with van der Waals surface area (Å²) in [5, 5.41) is 14.5. The van der Waals surface area contributed by atoms with E-state index >= 15 is 0 Å². The van der Waals surface area contributed by atoms with Gasteiger partial charge >= 0.3 is 0 Å². The molecule has 0 fully saturated rings. The highest BCUT2D eigenvalue weighted by Gasteiger charge is 2.12. The zero-order valence-electron chi connectivity index (χ0n) is 15.8. The second-order valence-corrected chi connectivity index (χ2v) is 7.73. The Hall–Kier alpha value is -3.42. The molecule has 4 aromatic rings.